The summed E-state index contributed by atoms with van der Waals surface area (Å²) in [4.78, 5) is 17.3. The molecule has 7 heteroatoms. The van der Waals surface area contributed by atoms with Crippen LogP contribution in [0.3, 0.4) is 0 Å². The summed E-state index contributed by atoms with van der Waals surface area (Å²) in [6.45, 7) is 7.39. The normalized spacial score (nSPS) is 20.7. The van der Waals surface area contributed by atoms with Crippen molar-refractivity contribution in [1.82, 2.24) is 9.80 Å². The molecule has 2 aliphatic heterocycles. The fraction of sp³-hybridized carbons (Fsp3) is 0.650. The molecule has 150 valence electrons. The Kier molecular flexibility index (Phi) is 7.67. The van der Waals surface area contributed by atoms with Crippen LogP contribution in [0.4, 0.5) is 5.69 Å². The molecule has 2 aliphatic rings. The Morgan fingerprint density at radius 2 is 2.15 bits per heavy atom. The monoisotopic (exact) mass is 393 g/mol. The predicted molar refractivity (Wildman–Crippen MR) is 111 cm³/mol. The molecule has 0 aromatic heterocycles. The Morgan fingerprint density at radius 3 is 2.81 bits per heavy atom. The van der Waals surface area contributed by atoms with Gasteiger partial charge in [-0.25, -0.2) is 0 Å². The van der Waals surface area contributed by atoms with Crippen molar-refractivity contribution in [1.29, 1.82) is 0 Å². The summed E-state index contributed by atoms with van der Waals surface area (Å²) in [5.74, 6) is 1.82. The zero-order chi connectivity index (χ0) is 19.1. The second-order valence-corrected chi connectivity index (χ2v) is 7.99. The van der Waals surface area contributed by atoms with Gasteiger partial charge in [-0.3, -0.25) is 9.69 Å². The van der Waals surface area contributed by atoms with Crippen LogP contribution >= 0.6 is 11.9 Å². The second-order valence-electron chi connectivity index (χ2n) is 7.09. The van der Waals surface area contributed by atoms with E-state index in [9.17, 15) is 4.79 Å². The van der Waals surface area contributed by atoms with Crippen LogP contribution in [0, 0.1) is 0 Å². The van der Waals surface area contributed by atoms with E-state index in [1.54, 1.807) is 19.1 Å². The van der Waals surface area contributed by atoms with Crippen LogP contribution in [0.2, 0.25) is 0 Å². The van der Waals surface area contributed by atoms with E-state index in [0.29, 0.717) is 17.4 Å². The number of rotatable bonds is 8. The number of piperazine rings is 1. The lowest BCUT2D eigenvalue weighted by Crippen LogP contribution is -2.50. The summed E-state index contributed by atoms with van der Waals surface area (Å²) >= 11 is 1.65. The number of anilines is 1. The molecule has 0 aliphatic carbocycles. The molecule has 2 saturated heterocycles. The van der Waals surface area contributed by atoms with E-state index in [1.807, 2.05) is 23.1 Å². The topological polar surface area (TPSA) is 54.0 Å². The van der Waals surface area contributed by atoms with Gasteiger partial charge in [0.1, 0.15) is 5.75 Å². The summed E-state index contributed by atoms with van der Waals surface area (Å²) in [5, 5.41) is 0. The van der Waals surface area contributed by atoms with Crippen LogP contribution in [0.25, 0.3) is 0 Å². The molecule has 0 saturated carbocycles. The van der Waals surface area contributed by atoms with Crippen molar-refractivity contribution in [2.45, 2.75) is 32.3 Å². The molecule has 2 fully saturated rings. The first-order valence-corrected chi connectivity index (χ1v) is 10.9. The largest absolute Gasteiger partial charge is 0.495 e. The van der Waals surface area contributed by atoms with Gasteiger partial charge in [0.25, 0.3) is 5.91 Å². The quantitative estimate of drug-likeness (QED) is 0.541. The first kappa shape index (κ1) is 20.3. The molecule has 0 spiro atoms. The van der Waals surface area contributed by atoms with Crippen LogP contribution in [0.1, 0.15) is 36.5 Å². The highest BCUT2D eigenvalue weighted by Crippen LogP contribution is 2.28. The van der Waals surface area contributed by atoms with Gasteiger partial charge in [0.15, 0.2) is 0 Å². The summed E-state index contributed by atoms with van der Waals surface area (Å²) in [6, 6.07) is 5.66. The number of methoxy groups -OCH3 is 1. The van der Waals surface area contributed by atoms with E-state index in [2.05, 4.69) is 16.5 Å². The van der Waals surface area contributed by atoms with E-state index in [0.717, 1.165) is 63.6 Å². The van der Waals surface area contributed by atoms with Crippen molar-refractivity contribution < 1.29 is 14.3 Å². The fourth-order valence-electron chi connectivity index (χ4n) is 3.53. The van der Waals surface area contributed by atoms with Crippen LogP contribution in [0.5, 0.6) is 5.75 Å². The molecule has 0 bridgehead atoms. The standard InChI is InChI=1S/C20H31N3O3S/c1-3-13-27-21-18-7-6-16(14-19(18)25-2)20(24)23-10-8-22(9-11-23)15-17-5-4-12-26-17/h6-7,14,17,21H,3-5,8-13,15H2,1-2H3. The molecule has 2 heterocycles. The van der Waals surface area contributed by atoms with Crippen molar-refractivity contribution in [3.8, 4) is 5.75 Å². The lowest BCUT2D eigenvalue weighted by molar-refractivity contribution is 0.0432. The molecule has 6 nitrogen and oxygen atoms in total. The van der Waals surface area contributed by atoms with Crippen molar-refractivity contribution in [2.75, 3.05) is 56.9 Å². The van der Waals surface area contributed by atoms with Gasteiger partial charge in [-0.15, -0.1) is 0 Å². The zero-order valence-corrected chi connectivity index (χ0v) is 17.2. The average molecular weight is 394 g/mol. The van der Waals surface area contributed by atoms with Gasteiger partial charge in [-0.05, 0) is 37.5 Å². The number of carbonyl (C=O) groups is 1. The minimum Gasteiger partial charge on any atom is -0.495 e. The third-order valence-corrected chi connectivity index (χ3v) is 6.06. The van der Waals surface area contributed by atoms with Crippen LogP contribution in [0.15, 0.2) is 18.2 Å². The molecular weight excluding hydrogens is 362 g/mol. The van der Waals surface area contributed by atoms with E-state index in [-0.39, 0.29) is 5.91 Å². The zero-order valence-electron chi connectivity index (χ0n) is 16.4. The second kappa shape index (κ2) is 10.2. The maximum absolute atomic E-state index is 12.9. The number of ether oxygens (including phenoxy) is 2. The molecular formula is C20H31N3O3S. The van der Waals surface area contributed by atoms with Gasteiger partial charge >= 0.3 is 0 Å². The highest BCUT2D eigenvalue weighted by molar-refractivity contribution is 8.00. The molecule has 1 aromatic carbocycles. The van der Waals surface area contributed by atoms with Crippen molar-refractivity contribution in [3.05, 3.63) is 23.8 Å². The molecule has 0 radical (unpaired) electrons. The number of amides is 1. The number of hydrogen-bond acceptors (Lipinski definition) is 6. The lowest BCUT2D eigenvalue weighted by atomic mass is 10.1. The minimum absolute atomic E-state index is 0.0813. The Balaban J connectivity index is 1.54. The Morgan fingerprint density at radius 1 is 1.33 bits per heavy atom. The van der Waals surface area contributed by atoms with E-state index in [1.165, 1.54) is 6.42 Å². The Hall–Kier alpha value is -1.44. The number of nitrogens with one attached hydrogen (secondary N) is 1. The average Bonchev–Trinajstić information content (AvgIpc) is 3.21. The molecule has 1 N–H and O–H groups in total. The summed E-state index contributed by atoms with van der Waals surface area (Å²) in [5.41, 5.74) is 1.60. The van der Waals surface area contributed by atoms with E-state index < -0.39 is 0 Å². The molecule has 1 amide bonds. The Bertz CT molecular complexity index is 614. The highest BCUT2D eigenvalue weighted by atomic mass is 32.2. The van der Waals surface area contributed by atoms with Gasteiger partial charge in [-0.1, -0.05) is 18.9 Å². The van der Waals surface area contributed by atoms with E-state index in [4.69, 9.17) is 9.47 Å². The van der Waals surface area contributed by atoms with Gasteiger partial charge in [0.2, 0.25) is 0 Å². The first-order valence-electron chi connectivity index (χ1n) is 9.90. The van der Waals surface area contributed by atoms with Gasteiger partial charge in [-0.2, -0.15) is 0 Å². The minimum atomic E-state index is 0.0813. The van der Waals surface area contributed by atoms with Crippen LogP contribution in [-0.4, -0.2) is 74.0 Å². The first-order chi connectivity index (χ1) is 13.2. The van der Waals surface area contributed by atoms with Gasteiger partial charge < -0.3 is 19.1 Å². The summed E-state index contributed by atoms with van der Waals surface area (Å²) in [7, 11) is 1.64. The van der Waals surface area contributed by atoms with Crippen molar-refractivity contribution >= 4 is 23.5 Å². The smallest absolute Gasteiger partial charge is 0.254 e. The van der Waals surface area contributed by atoms with Crippen molar-refractivity contribution in [2.24, 2.45) is 0 Å². The van der Waals surface area contributed by atoms with E-state index >= 15 is 0 Å². The predicted octanol–water partition coefficient (Wildman–Crippen LogP) is 3.10. The number of carbonyl (C=O) groups excluding carboxylic acids is 1. The van der Waals surface area contributed by atoms with Gasteiger partial charge in [0.05, 0.1) is 18.9 Å². The number of nitrogens with zero attached hydrogens (tertiary/aromatic N) is 2. The highest BCUT2D eigenvalue weighted by Gasteiger charge is 2.25. The summed E-state index contributed by atoms with van der Waals surface area (Å²) in [6.07, 6.45) is 3.82. The van der Waals surface area contributed by atoms with Crippen LogP contribution in [-0.2, 0) is 4.74 Å². The third-order valence-electron chi connectivity index (χ3n) is 5.08. The SMILES string of the molecule is CCCSNc1ccc(C(=O)N2CCN(CC3CCCO3)CC2)cc1OC. The number of hydrogen-bond donors (Lipinski definition) is 1. The maximum Gasteiger partial charge on any atom is 0.254 e. The fourth-order valence-corrected chi connectivity index (χ4v) is 4.16. The molecule has 27 heavy (non-hydrogen) atoms. The van der Waals surface area contributed by atoms with Crippen molar-refractivity contribution in [3.63, 3.8) is 0 Å². The maximum atomic E-state index is 12.9. The molecule has 3 rings (SSSR count). The van der Waals surface area contributed by atoms with Gasteiger partial charge in [0, 0.05) is 50.6 Å². The molecule has 1 unspecified atom stereocenters. The number of benzene rings is 1. The lowest BCUT2D eigenvalue weighted by Gasteiger charge is -2.35. The van der Waals surface area contributed by atoms with Crippen LogP contribution < -0.4 is 9.46 Å². The molecule has 1 aromatic rings. The Labute approximate surface area is 166 Å². The third kappa shape index (κ3) is 5.53. The summed E-state index contributed by atoms with van der Waals surface area (Å²) < 4.78 is 14.5. The molecule has 1 atom stereocenters.